The zero-order chi connectivity index (χ0) is 16.7. The first kappa shape index (κ1) is 24.4. The standard InChI is InChI=1S/C19H26O.K.H3N2O.W/c1-18-9-3-4-16(18)15-6-5-13-12-14(20)7-11-19(13,2)17(15)8-10-18;;1-3-2;/h7,11-12,15-17H,3-6,8-10H2,1-2H3;;1H,2H2;/q;+1;-1;/t15?,16?,17?,18-,19-;;;/m0.../s1. The van der Waals surface area contributed by atoms with Crippen LogP contribution in [-0.4, -0.2) is 5.78 Å². The van der Waals surface area contributed by atoms with Crippen LogP contribution in [0.15, 0.2) is 23.8 Å². The summed E-state index contributed by atoms with van der Waals surface area (Å²) in [4.78, 5) is 14.7. The summed E-state index contributed by atoms with van der Waals surface area (Å²) < 4.78 is 0. The third kappa shape index (κ3) is 4.51. The van der Waals surface area contributed by atoms with E-state index in [1.54, 1.807) is 0 Å². The number of rotatable bonds is 0. The van der Waals surface area contributed by atoms with Crippen molar-refractivity contribution >= 4 is 5.78 Å². The maximum Gasteiger partial charge on any atom is 1.00 e. The van der Waals surface area contributed by atoms with Crippen molar-refractivity contribution < 1.29 is 82.2 Å². The van der Waals surface area contributed by atoms with Gasteiger partial charge in [0.05, 0.1) is 0 Å². The van der Waals surface area contributed by atoms with E-state index >= 15 is 0 Å². The van der Waals surface area contributed by atoms with Crippen molar-refractivity contribution in [3.8, 4) is 0 Å². The van der Waals surface area contributed by atoms with Gasteiger partial charge in [-0.2, -0.15) is 0 Å². The molecule has 3 unspecified atom stereocenters. The van der Waals surface area contributed by atoms with Gasteiger partial charge in [-0.05, 0) is 73.8 Å². The van der Waals surface area contributed by atoms with Gasteiger partial charge in [0.15, 0.2) is 5.78 Å². The Bertz CT molecular complexity index is 554. The molecule has 4 aliphatic carbocycles. The molecule has 0 aromatic rings. The van der Waals surface area contributed by atoms with E-state index in [1.807, 2.05) is 12.2 Å². The van der Waals surface area contributed by atoms with Crippen molar-refractivity contribution in [2.45, 2.75) is 58.8 Å². The molecule has 4 rings (SSSR count). The number of fused-ring (bicyclic) bond motifs is 5. The van der Waals surface area contributed by atoms with Crippen LogP contribution in [0.4, 0.5) is 0 Å². The molecule has 3 saturated carbocycles. The molecule has 0 saturated heterocycles. The van der Waals surface area contributed by atoms with E-state index in [4.69, 9.17) is 5.90 Å². The molecule has 4 aliphatic rings. The van der Waals surface area contributed by atoms with Crippen molar-refractivity contribution in [3.63, 3.8) is 0 Å². The second-order valence-electron chi connectivity index (χ2n) is 8.31. The van der Waals surface area contributed by atoms with Crippen LogP contribution in [0.5, 0.6) is 0 Å². The van der Waals surface area contributed by atoms with E-state index < -0.39 is 0 Å². The first-order valence-electron chi connectivity index (χ1n) is 8.91. The summed E-state index contributed by atoms with van der Waals surface area (Å²) in [6.45, 7) is 4.95. The Kier molecular flexibility index (Phi) is 9.47. The largest absolute Gasteiger partial charge is 1.00 e. The number of carbonyl (C=O) groups is 1. The molecule has 3 fully saturated rings. The van der Waals surface area contributed by atoms with Crippen LogP contribution in [0.1, 0.15) is 58.8 Å². The molecule has 5 atom stereocenters. The summed E-state index contributed by atoms with van der Waals surface area (Å²) in [6.07, 6.45) is 15.6. The summed E-state index contributed by atoms with van der Waals surface area (Å²) in [5.74, 6) is 12.3. The van der Waals surface area contributed by atoms with Gasteiger partial charge in [0.25, 0.3) is 0 Å². The fraction of sp³-hybridized carbons (Fsp3) is 0.737. The smallest absolute Gasteiger partial charge is 0.529 e. The molecule has 0 aromatic carbocycles. The monoisotopic (exact) mass is 540 g/mol. The van der Waals surface area contributed by atoms with Gasteiger partial charge in [0.1, 0.15) is 0 Å². The van der Waals surface area contributed by atoms with E-state index in [9.17, 15) is 4.79 Å². The van der Waals surface area contributed by atoms with Crippen molar-refractivity contribution in [3.05, 3.63) is 29.7 Å². The predicted molar refractivity (Wildman–Crippen MR) is 90.8 cm³/mol. The molecular formula is C19H29KN2O2W. The maximum absolute atomic E-state index is 11.7. The third-order valence-corrected chi connectivity index (χ3v) is 7.34. The van der Waals surface area contributed by atoms with Crippen LogP contribution in [0.25, 0.3) is 5.90 Å². The van der Waals surface area contributed by atoms with Crippen molar-refractivity contribution in [2.24, 2.45) is 34.5 Å². The minimum atomic E-state index is 0. The van der Waals surface area contributed by atoms with Crippen LogP contribution in [0, 0.1) is 28.6 Å². The Morgan fingerprint density at radius 2 is 1.88 bits per heavy atom. The van der Waals surface area contributed by atoms with E-state index in [0.29, 0.717) is 5.41 Å². The number of hydrogen-bond acceptors (Lipinski definition) is 3. The number of carbonyl (C=O) groups excluding carboxylic acids is 1. The maximum atomic E-state index is 11.7. The van der Waals surface area contributed by atoms with Crippen molar-refractivity contribution in [1.82, 2.24) is 0 Å². The zero-order valence-electron chi connectivity index (χ0n) is 15.7. The summed E-state index contributed by atoms with van der Waals surface area (Å²) in [6, 6.07) is 0. The fourth-order valence-corrected chi connectivity index (χ4v) is 6.19. The predicted octanol–water partition coefficient (Wildman–Crippen LogP) is 1.53. The van der Waals surface area contributed by atoms with Gasteiger partial charge in [-0.1, -0.05) is 31.9 Å². The summed E-state index contributed by atoms with van der Waals surface area (Å²) in [7, 11) is 0. The quantitative estimate of drug-likeness (QED) is 0.374. The Morgan fingerprint density at radius 1 is 1.20 bits per heavy atom. The molecule has 0 amide bonds. The normalized spacial score (nSPS) is 40.9. The van der Waals surface area contributed by atoms with Crippen LogP contribution in [0.2, 0.25) is 0 Å². The van der Waals surface area contributed by atoms with Crippen LogP contribution >= 0.6 is 0 Å². The SMILES string of the molecule is C[C@@]12CCCC1C1CCC3=CC(=O)C=C[C@]3(C)C1CC2.[K+].[NH-]ON.[W]. The first-order valence-corrected chi connectivity index (χ1v) is 8.91. The van der Waals surface area contributed by atoms with Crippen molar-refractivity contribution in [2.75, 3.05) is 0 Å². The molecule has 0 aromatic heterocycles. The Balaban J connectivity index is 0.000000586. The van der Waals surface area contributed by atoms with Gasteiger partial charge in [-0.3, -0.25) is 4.79 Å². The molecule has 0 radical (unpaired) electrons. The van der Waals surface area contributed by atoms with Crippen LogP contribution in [-0.2, 0) is 30.8 Å². The molecule has 0 heterocycles. The Labute approximate surface area is 208 Å². The van der Waals surface area contributed by atoms with E-state index in [1.165, 1.54) is 44.1 Å². The fourth-order valence-electron chi connectivity index (χ4n) is 6.19. The molecular weight excluding hydrogens is 511 g/mol. The van der Waals surface area contributed by atoms with Gasteiger partial charge in [0.2, 0.25) is 0 Å². The molecule has 6 heteroatoms. The van der Waals surface area contributed by atoms with E-state index in [2.05, 4.69) is 30.8 Å². The van der Waals surface area contributed by atoms with Gasteiger partial charge in [-0.25, -0.2) is 5.90 Å². The first-order chi connectivity index (χ1) is 10.9. The molecule has 0 spiro atoms. The Hall–Kier alpha value is 1.35. The third-order valence-electron chi connectivity index (χ3n) is 7.34. The van der Waals surface area contributed by atoms with Crippen molar-refractivity contribution in [1.29, 1.82) is 0 Å². The second-order valence-corrected chi connectivity index (χ2v) is 8.31. The second kappa shape index (κ2) is 9.71. The molecule has 25 heavy (non-hydrogen) atoms. The van der Waals surface area contributed by atoms with Crippen LogP contribution in [0.3, 0.4) is 0 Å². The molecule has 3 N–H and O–H groups in total. The van der Waals surface area contributed by atoms with Gasteiger partial charge in [0, 0.05) is 26.5 Å². The van der Waals surface area contributed by atoms with Gasteiger partial charge < -0.3 is 10.8 Å². The molecule has 0 aliphatic heterocycles. The van der Waals surface area contributed by atoms with Gasteiger partial charge in [-0.15, -0.1) is 0 Å². The summed E-state index contributed by atoms with van der Waals surface area (Å²) in [5, 5.41) is 0. The topological polar surface area (TPSA) is 76.1 Å². The molecule has 4 nitrogen and oxygen atoms in total. The van der Waals surface area contributed by atoms with E-state index in [-0.39, 0.29) is 83.6 Å². The Morgan fingerprint density at radius 3 is 2.56 bits per heavy atom. The van der Waals surface area contributed by atoms with Gasteiger partial charge >= 0.3 is 51.4 Å². The summed E-state index contributed by atoms with van der Waals surface area (Å²) in [5.41, 5.74) is 2.24. The number of hydrogen-bond donors (Lipinski definition) is 1. The number of ketones is 1. The average molecular weight is 540 g/mol. The molecule has 134 valence electrons. The zero-order valence-corrected chi connectivity index (χ0v) is 21.8. The minimum Gasteiger partial charge on any atom is -0.529 e. The minimum absolute atomic E-state index is 0. The van der Waals surface area contributed by atoms with E-state index in [0.717, 1.165) is 24.2 Å². The number of nitrogens with two attached hydrogens (primary N) is 1. The average Bonchev–Trinajstić information content (AvgIpc) is 2.90. The summed E-state index contributed by atoms with van der Waals surface area (Å²) >= 11 is 0. The van der Waals surface area contributed by atoms with Crippen LogP contribution < -0.4 is 57.3 Å². The molecule has 0 bridgehead atoms. The number of nitrogens with one attached hydrogen (secondary N) is 1. The number of allylic oxidation sites excluding steroid dienone is 4.